The van der Waals surface area contributed by atoms with Gasteiger partial charge < -0.3 is 5.11 Å². The number of hydrogen-bond donors (Lipinski definition) is 1. The summed E-state index contributed by atoms with van der Waals surface area (Å²) in [5.74, 6) is 0. The summed E-state index contributed by atoms with van der Waals surface area (Å²) in [5.41, 5.74) is 2.95. The zero-order valence-corrected chi connectivity index (χ0v) is 11.3. The van der Waals surface area contributed by atoms with Crippen LogP contribution in [0.4, 0.5) is 0 Å². The lowest BCUT2D eigenvalue weighted by Gasteiger charge is -2.13. The highest BCUT2D eigenvalue weighted by Gasteiger charge is 2.16. The van der Waals surface area contributed by atoms with Crippen molar-refractivity contribution in [2.45, 2.75) is 19.4 Å². The summed E-state index contributed by atoms with van der Waals surface area (Å²) < 4.78 is 0.962. The Balaban J connectivity index is 2.41. The number of thiophene rings is 1. The van der Waals surface area contributed by atoms with E-state index in [4.69, 9.17) is 0 Å². The predicted octanol–water partition coefficient (Wildman–Crippen LogP) is 3.55. The summed E-state index contributed by atoms with van der Waals surface area (Å²) in [6.45, 7) is 2.07. The molecule has 0 saturated carbocycles. The van der Waals surface area contributed by atoms with Crippen molar-refractivity contribution in [1.82, 2.24) is 4.98 Å². The first-order valence-corrected chi connectivity index (χ1v) is 6.80. The Labute approximate surface area is 107 Å². The van der Waals surface area contributed by atoms with Crippen LogP contribution in [0.2, 0.25) is 0 Å². The lowest BCUT2D eigenvalue weighted by molar-refractivity contribution is 0.219. The van der Waals surface area contributed by atoms with Crippen LogP contribution in [0.15, 0.2) is 33.7 Å². The van der Waals surface area contributed by atoms with Crippen molar-refractivity contribution in [2.24, 2.45) is 0 Å². The SMILES string of the molecule is CCc1cnccc1C(O)c1cscc1Br. The summed E-state index contributed by atoms with van der Waals surface area (Å²) in [5, 5.41) is 14.3. The summed E-state index contributed by atoms with van der Waals surface area (Å²) in [4.78, 5) is 4.08. The molecule has 0 radical (unpaired) electrons. The fraction of sp³-hybridized carbons (Fsp3) is 0.250. The Morgan fingerprint density at radius 2 is 2.25 bits per heavy atom. The number of nitrogens with zero attached hydrogens (tertiary/aromatic N) is 1. The van der Waals surface area contributed by atoms with Crippen LogP contribution in [0.1, 0.15) is 29.7 Å². The van der Waals surface area contributed by atoms with Crippen LogP contribution in [-0.2, 0) is 6.42 Å². The van der Waals surface area contributed by atoms with Crippen LogP contribution >= 0.6 is 27.3 Å². The molecule has 0 amide bonds. The minimum absolute atomic E-state index is 0.571. The largest absolute Gasteiger partial charge is 0.384 e. The molecule has 1 unspecified atom stereocenters. The molecular formula is C12H12BrNOS. The van der Waals surface area contributed by atoms with E-state index in [1.54, 1.807) is 17.5 Å². The van der Waals surface area contributed by atoms with E-state index in [0.29, 0.717) is 0 Å². The molecule has 84 valence electrons. The van der Waals surface area contributed by atoms with Gasteiger partial charge in [-0.2, -0.15) is 11.3 Å². The molecule has 2 nitrogen and oxygen atoms in total. The quantitative estimate of drug-likeness (QED) is 0.940. The van der Waals surface area contributed by atoms with E-state index in [1.165, 1.54) is 0 Å². The molecule has 0 aliphatic heterocycles. The summed E-state index contributed by atoms with van der Waals surface area (Å²) in [7, 11) is 0. The van der Waals surface area contributed by atoms with Crippen molar-refractivity contribution in [1.29, 1.82) is 0 Å². The number of aryl methyl sites for hydroxylation is 1. The Morgan fingerprint density at radius 1 is 1.44 bits per heavy atom. The standard InChI is InChI=1S/C12H12BrNOS/c1-2-8-5-14-4-3-9(8)12(15)10-6-16-7-11(10)13/h3-7,12,15H,2H2,1H3. The molecule has 1 N–H and O–H groups in total. The van der Waals surface area contributed by atoms with Crippen molar-refractivity contribution in [3.05, 3.63) is 50.4 Å². The highest BCUT2D eigenvalue weighted by Crippen LogP contribution is 2.32. The van der Waals surface area contributed by atoms with E-state index in [-0.39, 0.29) is 0 Å². The third kappa shape index (κ3) is 2.19. The first kappa shape index (κ1) is 11.8. The van der Waals surface area contributed by atoms with Crippen LogP contribution in [-0.4, -0.2) is 10.1 Å². The number of pyridine rings is 1. The zero-order valence-electron chi connectivity index (χ0n) is 8.85. The van der Waals surface area contributed by atoms with Gasteiger partial charge in [0.05, 0.1) is 0 Å². The minimum atomic E-state index is -0.571. The van der Waals surface area contributed by atoms with Gasteiger partial charge in [-0.1, -0.05) is 6.92 Å². The second-order valence-electron chi connectivity index (χ2n) is 3.51. The Bertz CT molecular complexity index is 483. The smallest absolute Gasteiger partial charge is 0.106 e. The van der Waals surface area contributed by atoms with Gasteiger partial charge in [-0.3, -0.25) is 4.98 Å². The van der Waals surface area contributed by atoms with Gasteiger partial charge in [0.15, 0.2) is 0 Å². The molecule has 2 aromatic heterocycles. The van der Waals surface area contributed by atoms with Gasteiger partial charge in [-0.05, 0) is 44.9 Å². The molecule has 0 fully saturated rings. The van der Waals surface area contributed by atoms with E-state index in [9.17, 15) is 5.11 Å². The molecule has 0 aromatic carbocycles. The van der Waals surface area contributed by atoms with Crippen LogP contribution in [0, 0.1) is 0 Å². The van der Waals surface area contributed by atoms with Crippen LogP contribution < -0.4 is 0 Å². The summed E-state index contributed by atoms with van der Waals surface area (Å²) >= 11 is 5.03. The van der Waals surface area contributed by atoms with Gasteiger partial charge >= 0.3 is 0 Å². The van der Waals surface area contributed by atoms with E-state index >= 15 is 0 Å². The number of aliphatic hydroxyl groups excluding tert-OH is 1. The first-order chi connectivity index (χ1) is 7.74. The van der Waals surface area contributed by atoms with Crippen LogP contribution in [0.25, 0.3) is 0 Å². The van der Waals surface area contributed by atoms with E-state index < -0.39 is 6.10 Å². The molecule has 2 rings (SSSR count). The highest BCUT2D eigenvalue weighted by molar-refractivity contribution is 9.10. The van der Waals surface area contributed by atoms with Gasteiger partial charge in [0.1, 0.15) is 6.10 Å². The lowest BCUT2D eigenvalue weighted by Crippen LogP contribution is -2.03. The van der Waals surface area contributed by atoms with Gasteiger partial charge in [0, 0.05) is 27.8 Å². The molecule has 4 heteroatoms. The second-order valence-corrected chi connectivity index (χ2v) is 5.10. The molecule has 16 heavy (non-hydrogen) atoms. The molecular weight excluding hydrogens is 286 g/mol. The predicted molar refractivity (Wildman–Crippen MR) is 69.7 cm³/mol. The van der Waals surface area contributed by atoms with E-state index in [0.717, 1.165) is 27.6 Å². The molecule has 0 aliphatic rings. The Hall–Kier alpha value is -0.710. The van der Waals surface area contributed by atoms with Crippen LogP contribution in [0.5, 0.6) is 0 Å². The topological polar surface area (TPSA) is 33.1 Å². The fourth-order valence-electron chi connectivity index (χ4n) is 1.65. The van der Waals surface area contributed by atoms with E-state index in [2.05, 4.69) is 27.8 Å². The van der Waals surface area contributed by atoms with Crippen molar-refractivity contribution >= 4 is 27.3 Å². The van der Waals surface area contributed by atoms with Gasteiger partial charge in [0.2, 0.25) is 0 Å². The number of hydrogen-bond acceptors (Lipinski definition) is 3. The monoisotopic (exact) mass is 297 g/mol. The fourth-order valence-corrected chi connectivity index (χ4v) is 3.19. The summed E-state index contributed by atoms with van der Waals surface area (Å²) in [6, 6.07) is 1.88. The molecule has 0 aliphatic carbocycles. The Kier molecular flexibility index (Phi) is 3.74. The second kappa shape index (κ2) is 5.08. The maximum atomic E-state index is 10.3. The van der Waals surface area contributed by atoms with Crippen molar-refractivity contribution < 1.29 is 5.11 Å². The molecule has 0 spiro atoms. The maximum Gasteiger partial charge on any atom is 0.106 e. The normalized spacial score (nSPS) is 12.7. The van der Waals surface area contributed by atoms with E-state index in [1.807, 2.05) is 23.0 Å². The lowest BCUT2D eigenvalue weighted by atomic mass is 9.99. The third-order valence-electron chi connectivity index (χ3n) is 2.55. The zero-order chi connectivity index (χ0) is 11.5. The number of aliphatic hydroxyl groups is 1. The summed E-state index contributed by atoms with van der Waals surface area (Å²) in [6.07, 6.45) is 3.84. The average molecular weight is 298 g/mol. The molecule has 2 heterocycles. The molecule has 0 saturated heterocycles. The van der Waals surface area contributed by atoms with Crippen molar-refractivity contribution in [2.75, 3.05) is 0 Å². The number of halogens is 1. The van der Waals surface area contributed by atoms with Crippen LogP contribution in [0.3, 0.4) is 0 Å². The Morgan fingerprint density at radius 3 is 2.88 bits per heavy atom. The molecule has 1 atom stereocenters. The molecule has 0 bridgehead atoms. The number of rotatable bonds is 3. The van der Waals surface area contributed by atoms with Gasteiger partial charge in [0.25, 0.3) is 0 Å². The highest BCUT2D eigenvalue weighted by atomic mass is 79.9. The maximum absolute atomic E-state index is 10.3. The van der Waals surface area contributed by atoms with Gasteiger partial charge in [-0.15, -0.1) is 0 Å². The molecule has 2 aromatic rings. The van der Waals surface area contributed by atoms with Crippen molar-refractivity contribution in [3.63, 3.8) is 0 Å². The van der Waals surface area contributed by atoms with Crippen molar-refractivity contribution in [3.8, 4) is 0 Å². The third-order valence-corrected chi connectivity index (χ3v) is 4.31. The average Bonchev–Trinajstić information content (AvgIpc) is 2.74. The minimum Gasteiger partial charge on any atom is -0.384 e. The first-order valence-electron chi connectivity index (χ1n) is 5.06. The van der Waals surface area contributed by atoms with Gasteiger partial charge in [-0.25, -0.2) is 0 Å². The number of aromatic nitrogens is 1.